The van der Waals surface area contributed by atoms with E-state index in [0.29, 0.717) is 11.3 Å². The van der Waals surface area contributed by atoms with Gasteiger partial charge >= 0.3 is 12.0 Å². The van der Waals surface area contributed by atoms with Gasteiger partial charge in [0.05, 0.1) is 25.5 Å². The average molecular weight is 295 g/mol. The fourth-order valence-electron chi connectivity index (χ4n) is 1.48. The fourth-order valence-corrected chi connectivity index (χ4v) is 1.63. The number of methoxy groups -OCH3 is 2. The molecule has 0 fully saturated rings. The summed E-state index contributed by atoms with van der Waals surface area (Å²) in [5.41, 5.74) is 0.842. The third kappa shape index (κ3) is 3.12. The number of nitrogens with one attached hydrogen (secondary N) is 1. The molecule has 0 unspecified atom stereocenters. The van der Waals surface area contributed by atoms with Crippen LogP contribution in [-0.2, 0) is 4.74 Å². The van der Waals surface area contributed by atoms with Crippen LogP contribution in [0.4, 0.5) is 11.6 Å². The molecule has 0 aliphatic carbocycles. The molecule has 1 heterocycles. The molecule has 0 bridgehead atoms. The van der Waals surface area contributed by atoms with Gasteiger partial charge in [-0.3, -0.25) is 0 Å². The summed E-state index contributed by atoms with van der Waals surface area (Å²) in [5, 5.41) is 2.86. The molecule has 104 valence electrons. The van der Waals surface area contributed by atoms with E-state index >= 15 is 0 Å². The Labute approximate surface area is 119 Å². The SMILES string of the molecule is COC(=O)c1ccccc1Nc1nc(Cl)nc(OC)n1. The Morgan fingerprint density at radius 2 is 1.95 bits per heavy atom. The van der Waals surface area contributed by atoms with E-state index in [4.69, 9.17) is 21.1 Å². The zero-order valence-electron chi connectivity index (χ0n) is 10.8. The number of nitrogens with zero attached hydrogens (tertiary/aromatic N) is 3. The molecule has 20 heavy (non-hydrogen) atoms. The van der Waals surface area contributed by atoms with Gasteiger partial charge in [0.25, 0.3) is 0 Å². The number of para-hydroxylation sites is 1. The van der Waals surface area contributed by atoms with Crippen LogP contribution in [0, 0.1) is 0 Å². The number of hydrogen-bond acceptors (Lipinski definition) is 7. The predicted octanol–water partition coefficient (Wildman–Crippen LogP) is 2.06. The predicted molar refractivity (Wildman–Crippen MR) is 72.5 cm³/mol. The molecule has 2 rings (SSSR count). The van der Waals surface area contributed by atoms with Gasteiger partial charge in [-0.15, -0.1) is 0 Å². The molecule has 0 spiro atoms. The van der Waals surface area contributed by atoms with Crippen LogP contribution in [0.2, 0.25) is 5.28 Å². The Balaban J connectivity index is 2.35. The lowest BCUT2D eigenvalue weighted by Gasteiger charge is -2.09. The van der Waals surface area contributed by atoms with Gasteiger partial charge in [-0.2, -0.15) is 15.0 Å². The number of aromatic nitrogens is 3. The van der Waals surface area contributed by atoms with Crippen molar-refractivity contribution in [2.45, 2.75) is 0 Å². The van der Waals surface area contributed by atoms with Crippen molar-refractivity contribution in [2.75, 3.05) is 19.5 Å². The normalized spacial score (nSPS) is 9.95. The number of ether oxygens (including phenoxy) is 2. The first kappa shape index (κ1) is 14.0. The second-order valence-corrected chi connectivity index (χ2v) is 3.91. The number of carbonyl (C=O) groups is 1. The van der Waals surface area contributed by atoms with Crippen molar-refractivity contribution in [3.05, 3.63) is 35.1 Å². The molecule has 0 aliphatic heterocycles. The van der Waals surface area contributed by atoms with Crippen molar-refractivity contribution in [3.8, 4) is 6.01 Å². The van der Waals surface area contributed by atoms with Crippen molar-refractivity contribution in [3.63, 3.8) is 0 Å². The summed E-state index contributed by atoms with van der Waals surface area (Å²) >= 11 is 5.75. The first-order valence-corrected chi connectivity index (χ1v) is 5.91. The Morgan fingerprint density at radius 1 is 1.20 bits per heavy atom. The Hall–Kier alpha value is -2.41. The molecule has 1 aromatic carbocycles. The van der Waals surface area contributed by atoms with Crippen LogP contribution in [0.3, 0.4) is 0 Å². The number of carbonyl (C=O) groups excluding carboxylic acids is 1. The lowest BCUT2D eigenvalue weighted by molar-refractivity contribution is 0.0602. The molecule has 0 saturated carbocycles. The van der Waals surface area contributed by atoms with E-state index in [1.54, 1.807) is 24.3 Å². The van der Waals surface area contributed by atoms with Gasteiger partial charge in [-0.05, 0) is 23.7 Å². The minimum atomic E-state index is -0.472. The maximum atomic E-state index is 11.6. The minimum absolute atomic E-state index is 0.0186. The third-order valence-electron chi connectivity index (χ3n) is 2.35. The summed E-state index contributed by atoms with van der Waals surface area (Å²) in [6.07, 6.45) is 0. The van der Waals surface area contributed by atoms with Crippen LogP contribution in [0.25, 0.3) is 0 Å². The largest absolute Gasteiger partial charge is 0.467 e. The van der Waals surface area contributed by atoms with Gasteiger partial charge in [0, 0.05) is 0 Å². The number of anilines is 2. The molecule has 0 saturated heterocycles. The van der Waals surface area contributed by atoms with Gasteiger partial charge in [0.1, 0.15) is 0 Å². The van der Waals surface area contributed by atoms with Gasteiger partial charge < -0.3 is 14.8 Å². The smallest absolute Gasteiger partial charge is 0.339 e. The zero-order chi connectivity index (χ0) is 14.5. The van der Waals surface area contributed by atoms with E-state index in [-0.39, 0.29) is 17.2 Å². The molecular formula is C12H11ClN4O3. The van der Waals surface area contributed by atoms with Crippen molar-refractivity contribution in [1.29, 1.82) is 0 Å². The van der Waals surface area contributed by atoms with E-state index in [1.807, 2.05) is 0 Å². The van der Waals surface area contributed by atoms with Crippen LogP contribution < -0.4 is 10.1 Å². The number of hydrogen-bond donors (Lipinski definition) is 1. The van der Waals surface area contributed by atoms with E-state index in [0.717, 1.165) is 0 Å². The molecule has 0 aliphatic rings. The second-order valence-electron chi connectivity index (χ2n) is 3.58. The quantitative estimate of drug-likeness (QED) is 0.864. The van der Waals surface area contributed by atoms with Crippen LogP contribution >= 0.6 is 11.6 Å². The highest BCUT2D eigenvalue weighted by Gasteiger charge is 2.13. The number of halogens is 1. The molecule has 7 nitrogen and oxygen atoms in total. The molecule has 1 N–H and O–H groups in total. The standard InChI is InChI=1S/C12H11ClN4O3/c1-19-9(18)7-5-3-4-6-8(7)14-11-15-10(13)16-12(17-11)20-2/h3-6H,1-2H3,(H,14,15,16,17). The molecule has 0 amide bonds. The van der Waals surface area contributed by atoms with Gasteiger partial charge in [-0.1, -0.05) is 12.1 Å². The lowest BCUT2D eigenvalue weighted by Crippen LogP contribution is -2.07. The van der Waals surface area contributed by atoms with Gasteiger partial charge in [0.15, 0.2) is 0 Å². The highest BCUT2D eigenvalue weighted by Crippen LogP contribution is 2.21. The summed E-state index contributed by atoms with van der Waals surface area (Å²) in [6.45, 7) is 0. The van der Waals surface area contributed by atoms with E-state index in [1.165, 1.54) is 14.2 Å². The monoisotopic (exact) mass is 294 g/mol. The molecular weight excluding hydrogens is 284 g/mol. The van der Waals surface area contributed by atoms with Crippen LogP contribution in [0.1, 0.15) is 10.4 Å². The first-order valence-electron chi connectivity index (χ1n) is 5.54. The highest BCUT2D eigenvalue weighted by molar-refractivity contribution is 6.28. The molecule has 2 aromatic rings. The molecule has 1 aromatic heterocycles. The summed E-state index contributed by atoms with van der Waals surface area (Å²) in [6, 6.07) is 6.86. The van der Waals surface area contributed by atoms with E-state index in [2.05, 4.69) is 20.3 Å². The zero-order valence-corrected chi connectivity index (χ0v) is 11.5. The summed E-state index contributed by atoms with van der Waals surface area (Å²) in [4.78, 5) is 23.3. The number of rotatable bonds is 4. The Bertz CT molecular complexity index is 636. The van der Waals surface area contributed by atoms with Crippen LogP contribution in [0.15, 0.2) is 24.3 Å². The van der Waals surface area contributed by atoms with Crippen molar-refractivity contribution < 1.29 is 14.3 Å². The Morgan fingerprint density at radius 3 is 2.65 bits per heavy atom. The summed E-state index contributed by atoms with van der Waals surface area (Å²) in [5.74, 6) is -0.307. The molecule has 0 atom stereocenters. The third-order valence-corrected chi connectivity index (χ3v) is 2.52. The van der Waals surface area contributed by atoms with E-state index < -0.39 is 5.97 Å². The summed E-state index contributed by atoms with van der Waals surface area (Å²) < 4.78 is 9.59. The minimum Gasteiger partial charge on any atom is -0.467 e. The van der Waals surface area contributed by atoms with Crippen molar-refractivity contribution in [1.82, 2.24) is 15.0 Å². The Kier molecular flexibility index (Phi) is 4.31. The first-order chi connectivity index (χ1) is 9.63. The van der Waals surface area contributed by atoms with Gasteiger partial charge in [-0.25, -0.2) is 4.79 Å². The second kappa shape index (κ2) is 6.16. The maximum Gasteiger partial charge on any atom is 0.339 e. The summed E-state index contributed by atoms with van der Waals surface area (Å²) in [7, 11) is 2.72. The van der Waals surface area contributed by atoms with Gasteiger partial charge in [0.2, 0.25) is 11.2 Å². The lowest BCUT2D eigenvalue weighted by atomic mass is 10.2. The highest BCUT2D eigenvalue weighted by atomic mass is 35.5. The topological polar surface area (TPSA) is 86.2 Å². The number of esters is 1. The van der Waals surface area contributed by atoms with Crippen LogP contribution in [-0.4, -0.2) is 35.1 Å². The average Bonchev–Trinajstić information content (AvgIpc) is 2.46. The van der Waals surface area contributed by atoms with Crippen molar-refractivity contribution in [2.24, 2.45) is 0 Å². The van der Waals surface area contributed by atoms with Crippen LogP contribution in [0.5, 0.6) is 6.01 Å². The molecule has 0 radical (unpaired) electrons. The van der Waals surface area contributed by atoms with Crippen molar-refractivity contribution >= 4 is 29.2 Å². The number of benzene rings is 1. The molecule has 8 heteroatoms. The van der Waals surface area contributed by atoms with E-state index in [9.17, 15) is 4.79 Å². The maximum absolute atomic E-state index is 11.6. The fraction of sp³-hybridized carbons (Fsp3) is 0.167.